The standard InChI is InChI=1S/C13H24N6O/c1-4-9(2)10(3)15-12-16-11(14)17-13(18-12)19-5-7-20-8-6-19/h9-10H,4-8H2,1-3H3,(H3,14,15,16,17,18). The Hall–Kier alpha value is -1.63. The third-order valence-corrected chi connectivity index (χ3v) is 3.79. The van der Waals surface area contributed by atoms with E-state index in [9.17, 15) is 0 Å². The van der Waals surface area contributed by atoms with Crippen molar-refractivity contribution in [1.82, 2.24) is 15.0 Å². The van der Waals surface area contributed by atoms with Crippen LogP contribution in [0.1, 0.15) is 27.2 Å². The van der Waals surface area contributed by atoms with Crippen molar-refractivity contribution in [2.45, 2.75) is 33.2 Å². The first-order valence-corrected chi connectivity index (χ1v) is 7.21. The minimum absolute atomic E-state index is 0.250. The molecule has 1 saturated heterocycles. The summed E-state index contributed by atoms with van der Waals surface area (Å²) < 4.78 is 5.33. The van der Waals surface area contributed by atoms with Crippen LogP contribution in [-0.4, -0.2) is 47.3 Å². The molecule has 7 heteroatoms. The van der Waals surface area contributed by atoms with Crippen molar-refractivity contribution in [2.75, 3.05) is 42.3 Å². The summed E-state index contributed by atoms with van der Waals surface area (Å²) in [6, 6.07) is 0.291. The summed E-state index contributed by atoms with van der Waals surface area (Å²) in [5.41, 5.74) is 5.79. The van der Waals surface area contributed by atoms with Gasteiger partial charge in [0.25, 0.3) is 0 Å². The number of nitrogens with two attached hydrogens (primary N) is 1. The highest BCUT2D eigenvalue weighted by Gasteiger charge is 2.17. The first-order valence-electron chi connectivity index (χ1n) is 7.21. The van der Waals surface area contributed by atoms with E-state index in [0.29, 0.717) is 37.1 Å². The van der Waals surface area contributed by atoms with Crippen LogP contribution in [0.3, 0.4) is 0 Å². The Labute approximate surface area is 119 Å². The average Bonchev–Trinajstić information content (AvgIpc) is 2.46. The number of morpholine rings is 1. The summed E-state index contributed by atoms with van der Waals surface area (Å²) in [5.74, 6) is 1.96. The Morgan fingerprint density at radius 1 is 1.25 bits per heavy atom. The summed E-state index contributed by atoms with van der Waals surface area (Å²) in [7, 11) is 0. The van der Waals surface area contributed by atoms with Gasteiger partial charge in [-0.25, -0.2) is 0 Å². The van der Waals surface area contributed by atoms with Crippen LogP contribution in [0.15, 0.2) is 0 Å². The highest BCUT2D eigenvalue weighted by molar-refractivity contribution is 5.42. The molecule has 112 valence electrons. The molecule has 1 aromatic rings. The third kappa shape index (κ3) is 3.69. The molecule has 1 aromatic heterocycles. The molecule has 0 radical (unpaired) electrons. The molecule has 0 amide bonds. The topological polar surface area (TPSA) is 89.2 Å². The molecule has 0 aromatic carbocycles. The van der Waals surface area contributed by atoms with Crippen LogP contribution >= 0.6 is 0 Å². The van der Waals surface area contributed by atoms with E-state index in [4.69, 9.17) is 10.5 Å². The van der Waals surface area contributed by atoms with Gasteiger partial charge < -0.3 is 20.7 Å². The second kappa shape index (κ2) is 6.69. The zero-order valence-corrected chi connectivity index (χ0v) is 12.5. The number of hydrogen-bond acceptors (Lipinski definition) is 7. The lowest BCUT2D eigenvalue weighted by Gasteiger charge is -2.27. The molecule has 20 heavy (non-hydrogen) atoms. The van der Waals surface area contributed by atoms with E-state index >= 15 is 0 Å². The number of nitrogens with zero attached hydrogens (tertiary/aromatic N) is 4. The second-order valence-corrected chi connectivity index (χ2v) is 5.24. The number of hydrogen-bond donors (Lipinski definition) is 2. The molecule has 1 fully saturated rings. The summed E-state index contributed by atoms with van der Waals surface area (Å²) in [6.07, 6.45) is 1.10. The number of anilines is 3. The predicted molar refractivity (Wildman–Crippen MR) is 79.8 cm³/mol. The van der Waals surface area contributed by atoms with Crippen molar-refractivity contribution >= 4 is 17.8 Å². The summed E-state index contributed by atoms with van der Waals surface area (Å²) >= 11 is 0. The molecule has 0 spiro atoms. The lowest BCUT2D eigenvalue weighted by Crippen LogP contribution is -2.37. The van der Waals surface area contributed by atoms with Gasteiger partial charge in [0.1, 0.15) is 0 Å². The summed E-state index contributed by atoms with van der Waals surface area (Å²) in [6.45, 7) is 9.44. The highest BCUT2D eigenvalue weighted by atomic mass is 16.5. The lowest BCUT2D eigenvalue weighted by molar-refractivity contribution is 0.122. The van der Waals surface area contributed by atoms with Crippen molar-refractivity contribution in [3.63, 3.8) is 0 Å². The SMILES string of the molecule is CCC(C)C(C)Nc1nc(N)nc(N2CCOCC2)n1. The maximum absolute atomic E-state index is 5.79. The molecule has 3 N–H and O–H groups in total. The van der Waals surface area contributed by atoms with Crippen molar-refractivity contribution < 1.29 is 4.74 Å². The molecule has 2 atom stereocenters. The van der Waals surface area contributed by atoms with E-state index in [1.807, 2.05) is 0 Å². The van der Waals surface area contributed by atoms with E-state index in [2.05, 4.69) is 45.9 Å². The van der Waals surface area contributed by atoms with Crippen molar-refractivity contribution in [2.24, 2.45) is 5.92 Å². The summed E-state index contributed by atoms with van der Waals surface area (Å²) in [5, 5.41) is 3.31. The fraction of sp³-hybridized carbons (Fsp3) is 0.769. The normalized spacial score (nSPS) is 18.6. The maximum Gasteiger partial charge on any atom is 0.232 e. The van der Waals surface area contributed by atoms with Gasteiger partial charge in [-0.05, 0) is 12.8 Å². The van der Waals surface area contributed by atoms with Crippen LogP contribution in [0.4, 0.5) is 17.8 Å². The molecule has 0 saturated carbocycles. The smallest absolute Gasteiger partial charge is 0.232 e. The zero-order chi connectivity index (χ0) is 14.5. The van der Waals surface area contributed by atoms with Gasteiger partial charge in [-0.15, -0.1) is 0 Å². The third-order valence-electron chi connectivity index (χ3n) is 3.79. The van der Waals surface area contributed by atoms with Crippen molar-refractivity contribution in [1.29, 1.82) is 0 Å². The fourth-order valence-electron chi connectivity index (χ4n) is 2.05. The van der Waals surface area contributed by atoms with Crippen LogP contribution < -0.4 is 16.0 Å². The molecular formula is C13H24N6O. The average molecular weight is 280 g/mol. The van der Waals surface area contributed by atoms with Crippen LogP contribution in [0.2, 0.25) is 0 Å². The molecule has 2 heterocycles. The molecule has 0 aliphatic carbocycles. The minimum atomic E-state index is 0.250. The molecule has 2 rings (SSSR count). The van der Waals surface area contributed by atoms with Gasteiger partial charge >= 0.3 is 0 Å². The monoisotopic (exact) mass is 280 g/mol. The van der Waals surface area contributed by atoms with Gasteiger partial charge in [0.15, 0.2) is 0 Å². The molecular weight excluding hydrogens is 256 g/mol. The predicted octanol–water partition coefficient (Wildman–Crippen LogP) is 1.14. The molecule has 1 aliphatic heterocycles. The van der Waals surface area contributed by atoms with E-state index in [1.54, 1.807) is 0 Å². The van der Waals surface area contributed by atoms with E-state index < -0.39 is 0 Å². The van der Waals surface area contributed by atoms with E-state index in [-0.39, 0.29) is 5.95 Å². The fourth-order valence-corrected chi connectivity index (χ4v) is 2.05. The number of nitrogens with one attached hydrogen (secondary N) is 1. The van der Waals surface area contributed by atoms with Gasteiger partial charge in [-0.1, -0.05) is 20.3 Å². The Morgan fingerprint density at radius 3 is 2.60 bits per heavy atom. The Bertz CT molecular complexity index is 435. The van der Waals surface area contributed by atoms with Crippen LogP contribution in [0, 0.1) is 5.92 Å². The summed E-state index contributed by atoms with van der Waals surface area (Å²) in [4.78, 5) is 14.9. The first-order chi connectivity index (χ1) is 9.60. The van der Waals surface area contributed by atoms with Crippen LogP contribution in [0.25, 0.3) is 0 Å². The molecule has 7 nitrogen and oxygen atoms in total. The van der Waals surface area contributed by atoms with Gasteiger partial charge in [0.2, 0.25) is 17.8 Å². The van der Waals surface area contributed by atoms with E-state index in [0.717, 1.165) is 19.5 Å². The quantitative estimate of drug-likeness (QED) is 0.835. The van der Waals surface area contributed by atoms with E-state index in [1.165, 1.54) is 0 Å². The van der Waals surface area contributed by atoms with Gasteiger partial charge in [-0.3, -0.25) is 0 Å². The number of ether oxygens (including phenoxy) is 1. The number of nitrogen functional groups attached to an aromatic ring is 1. The largest absolute Gasteiger partial charge is 0.378 e. The Kier molecular flexibility index (Phi) is 4.94. The van der Waals surface area contributed by atoms with Gasteiger partial charge in [0.05, 0.1) is 13.2 Å². The lowest BCUT2D eigenvalue weighted by atomic mass is 10.0. The molecule has 2 unspecified atom stereocenters. The van der Waals surface area contributed by atoms with Crippen LogP contribution in [0.5, 0.6) is 0 Å². The van der Waals surface area contributed by atoms with Gasteiger partial charge in [0, 0.05) is 19.1 Å². The Morgan fingerprint density at radius 2 is 1.95 bits per heavy atom. The molecule has 0 bridgehead atoms. The minimum Gasteiger partial charge on any atom is -0.378 e. The maximum atomic E-state index is 5.79. The number of aromatic nitrogens is 3. The van der Waals surface area contributed by atoms with Crippen molar-refractivity contribution in [3.05, 3.63) is 0 Å². The van der Waals surface area contributed by atoms with Crippen LogP contribution in [-0.2, 0) is 4.74 Å². The first kappa shape index (κ1) is 14.8. The zero-order valence-electron chi connectivity index (χ0n) is 12.5. The highest BCUT2D eigenvalue weighted by Crippen LogP contribution is 2.16. The molecule has 1 aliphatic rings. The van der Waals surface area contributed by atoms with Crippen molar-refractivity contribution in [3.8, 4) is 0 Å². The van der Waals surface area contributed by atoms with Gasteiger partial charge in [-0.2, -0.15) is 15.0 Å². The number of rotatable bonds is 5. The second-order valence-electron chi connectivity index (χ2n) is 5.24. The Balaban J connectivity index is 2.11.